The zero-order valence-corrected chi connectivity index (χ0v) is 13.4. The van der Waals surface area contributed by atoms with Crippen molar-refractivity contribution in [2.24, 2.45) is 0 Å². The minimum absolute atomic E-state index is 0.180. The quantitative estimate of drug-likeness (QED) is 0.570. The lowest BCUT2D eigenvalue weighted by Crippen LogP contribution is -2.12. The van der Waals surface area contributed by atoms with Crippen LogP contribution in [-0.2, 0) is 17.6 Å². The molecule has 19 heavy (non-hydrogen) atoms. The van der Waals surface area contributed by atoms with Crippen LogP contribution in [0.4, 0.5) is 0 Å². The fraction of sp³-hybridized carbons (Fsp3) is 0.562. The average Bonchev–Trinajstić information content (AvgIpc) is 2.40. The van der Waals surface area contributed by atoms with Crippen LogP contribution in [0.1, 0.15) is 54.2 Å². The van der Waals surface area contributed by atoms with E-state index in [1.807, 2.05) is 13.2 Å². The maximum atomic E-state index is 12.2. The van der Waals surface area contributed by atoms with Gasteiger partial charge < -0.3 is 4.74 Å². The van der Waals surface area contributed by atoms with Gasteiger partial charge in [0.15, 0.2) is 0 Å². The molecular formula is C16H24O2S. The Morgan fingerprint density at radius 1 is 1.26 bits per heavy atom. The molecule has 0 saturated heterocycles. The molecule has 1 aromatic carbocycles. The Hall–Kier alpha value is -0.960. The Labute approximate surface area is 120 Å². The van der Waals surface area contributed by atoms with Gasteiger partial charge >= 0.3 is 5.97 Å². The number of ether oxygens (including phenoxy) is 1. The van der Waals surface area contributed by atoms with Crippen molar-refractivity contribution in [3.05, 3.63) is 28.3 Å². The van der Waals surface area contributed by atoms with Gasteiger partial charge in [0.2, 0.25) is 0 Å². The lowest BCUT2D eigenvalue weighted by atomic mass is 9.95. The number of benzene rings is 1. The molecule has 0 saturated carbocycles. The molecule has 0 spiro atoms. The summed E-state index contributed by atoms with van der Waals surface area (Å²) < 4.78 is 5.23. The molecular weight excluding hydrogens is 256 g/mol. The molecule has 106 valence electrons. The molecule has 0 amide bonds. The lowest BCUT2D eigenvalue weighted by molar-refractivity contribution is 0.0520. The molecule has 0 aliphatic heterocycles. The average molecular weight is 280 g/mol. The van der Waals surface area contributed by atoms with Crippen molar-refractivity contribution in [3.8, 4) is 0 Å². The minimum Gasteiger partial charge on any atom is -0.462 e. The standard InChI is InChI=1S/C16H24O2S/c1-6-9-13-10-12(7-2)11(4)15(19-5)14(13)16(17)18-8-3/h10H,6-9H2,1-5H3. The van der Waals surface area contributed by atoms with Gasteiger partial charge in [-0.15, -0.1) is 11.8 Å². The van der Waals surface area contributed by atoms with Crippen molar-refractivity contribution in [1.82, 2.24) is 0 Å². The highest BCUT2D eigenvalue weighted by atomic mass is 32.2. The van der Waals surface area contributed by atoms with Gasteiger partial charge in [0.1, 0.15) is 0 Å². The normalized spacial score (nSPS) is 10.6. The smallest absolute Gasteiger partial charge is 0.339 e. The van der Waals surface area contributed by atoms with Crippen LogP contribution in [0.15, 0.2) is 11.0 Å². The third kappa shape index (κ3) is 3.53. The molecule has 0 aromatic heterocycles. The zero-order valence-electron chi connectivity index (χ0n) is 12.6. The third-order valence-electron chi connectivity index (χ3n) is 3.30. The molecule has 2 nitrogen and oxygen atoms in total. The Balaban J connectivity index is 3.45. The molecule has 1 rings (SSSR count). The molecule has 3 heteroatoms. The number of carbonyl (C=O) groups excluding carboxylic acids is 1. The largest absolute Gasteiger partial charge is 0.462 e. The third-order valence-corrected chi connectivity index (χ3v) is 4.22. The van der Waals surface area contributed by atoms with Gasteiger partial charge in [-0.2, -0.15) is 0 Å². The number of aryl methyl sites for hydroxylation is 2. The van der Waals surface area contributed by atoms with Crippen LogP contribution in [0.2, 0.25) is 0 Å². The predicted octanol–water partition coefficient (Wildman–Crippen LogP) is 4.41. The molecule has 0 radical (unpaired) electrons. The summed E-state index contributed by atoms with van der Waals surface area (Å²) in [5, 5.41) is 0. The van der Waals surface area contributed by atoms with E-state index in [1.165, 1.54) is 11.1 Å². The summed E-state index contributed by atoms with van der Waals surface area (Å²) >= 11 is 1.64. The molecule has 1 aromatic rings. The molecule has 0 aliphatic carbocycles. The van der Waals surface area contributed by atoms with E-state index < -0.39 is 0 Å². The Morgan fingerprint density at radius 2 is 1.95 bits per heavy atom. The van der Waals surface area contributed by atoms with Crippen LogP contribution in [-0.4, -0.2) is 18.8 Å². The fourth-order valence-electron chi connectivity index (χ4n) is 2.39. The van der Waals surface area contributed by atoms with Gasteiger partial charge in [0.05, 0.1) is 12.2 Å². The summed E-state index contributed by atoms with van der Waals surface area (Å²) in [6, 6.07) is 2.19. The van der Waals surface area contributed by atoms with E-state index in [-0.39, 0.29) is 5.97 Å². The number of rotatable bonds is 6. The second-order valence-corrected chi connectivity index (χ2v) is 5.37. The fourth-order valence-corrected chi connectivity index (χ4v) is 3.24. The minimum atomic E-state index is -0.180. The first kappa shape index (κ1) is 16.1. The van der Waals surface area contributed by atoms with Crippen molar-refractivity contribution < 1.29 is 9.53 Å². The Morgan fingerprint density at radius 3 is 2.42 bits per heavy atom. The first-order chi connectivity index (χ1) is 9.10. The van der Waals surface area contributed by atoms with Gasteiger partial charge in [-0.3, -0.25) is 0 Å². The van der Waals surface area contributed by atoms with Crippen LogP contribution in [0.25, 0.3) is 0 Å². The summed E-state index contributed by atoms with van der Waals surface area (Å²) in [6.45, 7) is 8.67. The van der Waals surface area contributed by atoms with Crippen molar-refractivity contribution >= 4 is 17.7 Å². The number of hydrogen-bond acceptors (Lipinski definition) is 3. The number of carbonyl (C=O) groups is 1. The summed E-state index contributed by atoms with van der Waals surface area (Å²) in [5.41, 5.74) is 4.47. The van der Waals surface area contributed by atoms with Crippen molar-refractivity contribution in [1.29, 1.82) is 0 Å². The number of thioether (sulfide) groups is 1. The van der Waals surface area contributed by atoms with E-state index in [9.17, 15) is 4.79 Å². The summed E-state index contributed by atoms with van der Waals surface area (Å²) in [7, 11) is 0. The molecule has 0 N–H and O–H groups in total. The van der Waals surface area contributed by atoms with E-state index >= 15 is 0 Å². The van der Waals surface area contributed by atoms with Crippen LogP contribution in [0.5, 0.6) is 0 Å². The summed E-state index contributed by atoms with van der Waals surface area (Å²) in [6.07, 6.45) is 4.99. The first-order valence-electron chi connectivity index (χ1n) is 6.97. The second kappa shape index (κ2) is 7.59. The molecule has 0 heterocycles. The highest BCUT2D eigenvalue weighted by Gasteiger charge is 2.20. The molecule has 0 atom stereocenters. The molecule has 0 fully saturated rings. The van der Waals surface area contributed by atoms with Crippen LogP contribution in [0, 0.1) is 6.92 Å². The van der Waals surface area contributed by atoms with Crippen molar-refractivity contribution in [2.75, 3.05) is 12.9 Å². The van der Waals surface area contributed by atoms with E-state index in [0.717, 1.165) is 35.3 Å². The van der Waals surface area contributed by atoms with Crippen LogP contribution < -0.4 is 0 Å². The van der Waals surface area contributed by atoms with Gasteiger partial charge in [-0.05, 0) is 49.6 Å². The highest BCUT2D eigenvalue weighted by Crippen LogP contribution is 2.32. The van der Waals surface area contributed by atoms with Gasteiger partial charge in [0, 0.05) is 4.90 Å². The maximum Gasteiger partial charge on any atom is 0.339 e. The zero-order chi connectivity index (χ0) is 14.4. The Bertz CT molecular complexity index is 453. The van der Waals surface area contributed by atoms with Crippen LogP contribution in [0.3, 0.4) is 0 Å². The van der Waals surface area contributed by atoms with E-state index in [0.29, 0.717) is 6.61 Å². The lowest BCUT2D eigenvalue weighted by Gasteiger charge is -2.18. The predicted molar refractivity (Wildman–Crippen MR) is 82.3 cm³/mol. The van der Waals surface area contributed by atoms with Crippen molar-refractivity contribution in [3.63, 3.8) is 0 Å². The van der Waals surface area contributed by atoms with Gasteiger partial charge in [-0.1, -0.05) is 26.3 Å². The first-order valence-corrected chi connectivity index (χ1v) is 8.19. The van der Waals surface area contributed by atoms with E-state index in [2.05, 4.69) is 26.8 Å². The number of hydrogen-bond donors (Lipinski definition) is 0. The van der Waals surface area contributed by atoms with Crippen LogP contribution >= 0.6 is 11.8 Å². The number of esters is 1. The SMILES string of the molecule is CCCc1cc(CC)c(C)c(SC)c1C(=O)OCC. The monoisotopic (exact) mass is 280 g/mol. The topological polar surface area (TPSA) is 26.3 Å². The van der Waals surface area contributed by atoms with Gasteiger partial charge in [0.25, 0.3) is 0 Å². The molecule has 0 aliphatic rings. The Kier molecular flexibility index (Phi) is 6.43. The molecule has 0 unspecified atom stereocenters. The highest BCUT2D eigenvalue weighted by molar-refractivity contribution is 7.98. The summed E-state index contributed by atoms with van der Waals surface area (Å²) in [5.74, 6) is -0.180. The maximum absolute atomic E-state index is 12.2. The van der Waals surface area contributed by atoms with E-state index in [4.69, 9.17) is 4.74 Å². The van der Waals surface area contributed by atoms with Gasteiger partial charge in [-0.25, -0.2) is 4.79 Å². The van der Waals surface area contributed by atoms with Crippen molar-refractivity contribution in [2.45, 2.75) is 51.9 Å². The molecule has 0 bridgehead atoms. The summed E-state index contributed by atoms with van der Waals surface area (Å²) in [4.78, 5) is 13.3. The van der Waals surface area contributed by atoms with E-state index in [1.54, 1.807) is 11.8 Å². The second-order valence-electron chi connectivity index (χ2n) is 4.55.